The Morgan fingerprint density at radius 3 is 2.53 bits per heavy atom. The molecule has 0 saturated heterocycles. The molecule has 1 aromatic heterocycles. The van der Waals surface area contributed by atoms with E-state index in [1.54, 1.807) is 6.20 Å². The van der Waals surface area contributed by atoms with Crippen LogP contribution in [-0.2, 0) is 0 Å². The number of aryl methyl sites for hydroxylation is 1. The highest BCUT2D eigenvalue weighted by molar-refractivity contribution is 5.16. The number of rotatable bonds is 5. The Morgan fingerprint density at radius 2 is 2.00 bits per heavy atom. The van der Waals surface area contributed by atoms with E-state index in [0.29, 0.717) is 5.92 Å². The predicted molar refractivity (Wildman–Crippen MR) is 62.6 cm³/mol. The van der Waals surface area contributed by atoms with Gasteiger partial charge in [0, 0.05) is 6.20 Å². The average Bonchev–Trinajstić information content (AvgIpc) is 2.25. The first-order valence-electron chi connectivity index (χ1n) is 5.78. The molecule has 0 saturated carbocycles. The highest BCUT2D eigenvalue weighted by Gasteiger charge is 2.14. The largest absolute Gasteiger partial charge is 0.387 e. The van der Waals surface area contributed by atoms with E-state index in [-0.39, 0.29) is 0 Å². The number of aromatic nitrogens is 1. The zero-order valence-corrected chi connectivity index (χ0v) is 9.90. The van der Waals surface area contributed by atoms with Crippen molar-refractivity contribution in [1.29, 1.82) is 0 Å². The van der Waals surface area contributed by atoms with Gasteiger partial charge in [-0.3, -0.25) is 4.98 Å². The van der Waals surface area contributed by atoms with E-state index in [2.05, 4.69) is 18.8 Å². The summed E-state index contributed by atoms with van der Waals surface area (Å²) in [5.41, 5.74) is 1.96. The molecule has 0 amide bonds. The van der Waals surface area contributed by atoms with Gasteiger partial charge in [-0.15, -0.1) is 0 Å². The van der Waals surface area contributed by atoms with Gasteiger partial charge in [0.15, 0.2) is 0 Å². The van der Waals surface area contributed by atoms with Crippen LogP contribution in [0.4, 0.5) is 0 Å². The fourth-order valence-corrected chi connectivity index (χ4v) is 1.80. The fourth-order valence-electron chi connectivity index (χ4n) is 1.80. The average molecular weight is 207 g/mol. The third-order valence-corrected chi connectivity index (χ3v) is 2.99. The lowest BCUT2D eigenvalue weighted by Gasteiger charge is -2.17. The van der Waals surface area contributed by atoms with Crippen LogP contribution in [0.5, 0.6) is 0 Å². The zero-order chi connectivity index (χ0) is 11.3. The maximum atomic E-state index is 10.0. The number of hydrogen-bond donors (Lipinski definition) is 1. The van der Waals surface area contributed by atoms with Crippen molar-refractivity contribution in [3.8, 4) is 0 Å². The van der Waals surface area contributed by atoms with Gasteiger partial charge in [-0.1, -0.05) is 26.7 Å². The molecule has 84 valence electrons. The topological polar surface area (TPSA) is 33.1 Å². The molecule has 0 aliphatic heterocycles. The Bertz CT molecular complexity index is 294. The number of aliphatic hydroxyl groups excluding tert-OH is 1. The van der Waals surface area contributed by atoms with Crippen molar-refractivity contribution in [3.63, 3.8) is 0 Å². The van der Waals surface area contributed by atoms with Gasteiger partial charge in [0.2, 0.25) is 0 Å². The molecule has 1 unspecified atom stereocenters. The molecule has 1 rings (SSSR count). The molecular weight excluding hydrogens is 186 g/mol. The molecule has 0 spiro atoms. The predicted octanol–water partition coefficient (Wildman–Crippen LogP) is 3.25. The van der Waals surface area contributed by atoms with Gasteiger partial charge < -0.3 is 5.11 Å². The van der Waals surface area contributed by atoms with Crippen molar-refractivity contribution in [3.05, 3.63) is 29.6 Å². The molecule has 0 aliphatic carbocycles. The summed E-state index contributed by atoms with van der Waals surface area (Å²) < 4.78 is 0. The molecule has 0 aliphatic rings. The van der Waals surface area contributed by atoms with Crippen LogP contribution in [0.25, 0.3) is 0 Å². The Kier molecular flexibility index (Phi) is 4.76. The molecule has 1 aromatic rings. The molecule has 2 nitrogen and oxygen atoms in total. The Balaban J connectivity index is 2.64. The summed E-state index contributed by atoms with van der Waals surface area (Å²) in [6.45, 7) is 6.37. The van der Waals surface area contributed by atoms with Crippen molar-refractivity contribution in [2.75, 3.05) is 0 Å². The zero-order valence-electron chi connectivity index (χ0n) is 9.90. The number of pyridine rings is 1. The molecule has 1 N–H and O–H groups in total. The van der Waals surface area contributed by atoms with Crippen molar-refractivity contribution >= 4 is 0 Å². The van der Waals surface area contributed by atoms with Crippen molar-refractivity contribution in [2.24, 2.45) is 5.92 Å². The third kappa shape index (κ3) is 3.63. The summed E-state index contributed by atoms with van der Waals surface area (Å²) in [7, 11) is 0. The summed E-state index contributed by atoms with van der Waals surface area (Å²) in [6, 6.07) is 3.92. The number of nitrogens with zero attached hydrogens (tertiary/aromatic N) is 1. The minimum absolute atomic E-state index is 0.408. The second-order valence-corrected chi connectivity index (χ2v) is 4.19. The van der Waals surface area contributed by atoms with Gasteiger partial charge in [0.25, 0.3) is 0 Å². The first kappa shape index (κ1) is 12.2. The first-order valence-corrected chi connectivity index (χ1v) is 5.78. The van der Waals surface area contributed by atoms with E-state index in [1.165, 1.54) is 0 Å². The van der Waals surface area contributed by atoms with E-state index in [1.807, 2.05) is 19.1 Å². The van der Waals surface area contributed by atoms with Gasteiger partial charge >= 0.3 is 0 Å². The van der Waals surface area contributed by atoms with Gasteiger partial charge in [-0.2, -0.15) is 0 Å². The molecule has 0 radical (unpaired) electrons. The highest BCUT2D eigenvalue weighted by atomic mass is 16.3. The van der Waals surface area contributed by atoms with Crippen LogP contribution >= 0.6 is 0 Å². The van der Waals surface area contributed by atoms with E-state index >= 15 is 0 Å². The third-order valence-electron chi connectivity index (χ3n) is 2.99. The quantitative estimate of drug-likeness (QED) is 0.804. The maximum Gasteiger partial charge on any atom is 0.0962 e. The second kappa shape index (κ2) is 5.86. The summed E-state index contributed by atoms with van der Waals surface area (Å²) in [5.74, 6) is 0.599. The smallest absolute Gasteiger partial charge is 0.0962 e. The molecule has 2 heteroatoms. The summed E-state index contributed by atoms with van der Waals surface area (Å²) in [5, 5.41) is 10.0. The molecule has 15 heavy (non-hydrogen) atoms. The standard InChI is InChI=1S/C13H21NO/c1-4-11(5-2)9-13(15)12-8-10(3)6-7-14-12/h6-8,11,13,15H,4-5,9H2,1-3H3. The fraction of sp³-hybridized carbons (Fsp3) is 0.615. The van der Waals surface area contributed by atoms with Gasteiger partial charge in [0.1, 0.15) is 0 Å². The number of aliphatic hydroxyl groups is 1. The normalized spacial score (nSPS) is 13.1. The van der Waals surface area contributed by atoms with Crippen LogP contribution in [0.3, 0.4) is 0 Å². The molecular formula is C13H21NO. The van der Waals surface area contributed by atoms with Gasteiger partial charge in [-0.25, -0.2) is 0 Å². The molecule has 0 bridgehead atoms. The van der Waals surface area contributed by atoms with Gasteiger partial charge in [0.05, 0.1) is 11.8 Å². The minimum Gasteiger partial charge on any atom is -0.387 e. The van der Waals surface area contributed by atoms with E-state index in [0.717, 1.165) is 30.5 Å². The maximum absolute atomic E-state index is 10.0. The first-order chi connectivity index (χ1) is 7.17. The van der Waals surface area contributed by atoms with E-state index in [9.17, 15) is 5.11 Å². The number of hydrogen-bond acceptors (Lipinski definition) is 2. The van der Waals surface area contributed by atoms with Crippen molar-refractivity contribution in [2.45, 2.75) is 46.1 Å². The lowest BCUT2D eigenvalue weighted by atomic mass is 9.94. The second-order valence-electron chi connectivity index (χ2n) is 4.19. The van der Waals surface area contributed by atoms with E-state index in [4.69, 9.17) is 0 Å². The van der Waals surface area contributed by atoms with E-state index < -0.39 is 6.10 Å². The molecule has 0 aromatic carbocycles. The summed E-state index contributed by atoms with van der Waals surface area (Å²) in [6.07, 6.45) is 4.43. The Hall–Kier alpha value is -0.890. The van der Waals surface area contributed by atoms with Crippen LogP contribution in [0.1, 0.15) is 50.5 Å². The molecule has 1 heterocycles. The Labute approximate surface area is 92.4 Å². The monoisotopic (exact) mass is 207 g/mol. The van der Waals surface area contributed by atoms with Crippen molar-refractivity contribution < 1.29 is 5.11 Å². The molecule has 1 atom stereocenters. The van der Waals surface area contributed by atoms with Crippen LogP contribution in [0.2, 0.25) is 0 Å². The summed E-state index contributed by atoms with van der Waals surface area (Å²) >= 11 is 0. The molecule has 0 fully saturated rings. The van der Waals surface area contributed by atoms with Crippen LogP contribution < -0.4 is 0 Å². The van der Waals surface area contributed by atoms with Crippen molar-refractivity contribution in [1.82, 2.24) is 4.98 Å². The Morgan fingerprint density at radius 1 is 1.33 bits per heavy atom. The SMILES string of the molecule is CCC(CC)CC(O)c1cc(C)ccn1. The highest BCUT2D eigenvalue weighted by Crippen LogP contribution is 2.23. The van der Waals surface area contributed by atoms with Crippen LogP contribution in [-0.4, -0.2) is 10.1 Å². The van der Waals surface area contributed by atoms with Crippen LogP contribution in [0.15, 0.2) is 18.3 Å². The lowest BCUT2D eigenvalue weighted by Crippen LogP contribution is -2.07. The minimum atomic E-state index is -0.408. The van der Waals surface area contributed by atoms with Gasteiger partial charge in [-0.05, 0) is 37.0 Å². The summed E-state index contributed by atoms with van der Waals surface area (Å²) in [4.78, 5) is 4.21. The van der Waals surface area contributed by atoms with Crippen LogP contribution in [0, 0.1) is 12.8 Å². The lowest BCUT2D eigenvalue weighted by molar-refractivity contribution is 0.137.